The molecule has 3 N–H and O–H groups in total. The molecular weight excluding hydrogens is 1090 g/mol. The number of rotatable bonds is 64. The van der Waals surface area contributed by atoms with E-state index in [1.807, 2.05) is 0 Å². The number of aliphatic hydroxyl groups is 1. The van der Waals surface area contributed by atoms with Gasteiger partial charge in [0.2, 0.25) is 0 Å². The molecule has 5 atom stereocenters. The van der Waals surface area contributed by atoms with Crippen LogP contribution in [-0.2, 0) is 65.4 Å². The maximum Gasteiger partial charge on any atom is 0.472 e. The van der Waals surface area contributed by atoms with E-state index in [1.165, 1.54) is 148 Å². The SMILES string of the molecule is CCCCCCCCCCCCCCCCCCCC(=O)O[C@H](COC(=O)CCCCCCCCCCCCC)COP(=O)(O)OC[C@@H](O)COP(=O)(O)OC[C@@H](COC(=O)CCCCCCC)OC(=O)CCCCCCCCCCC. The standard InChI is InChI=1S/C63H122O17P2/c1-5-9-13-17-20-23-25-26-27-28-29-30-32-35-38-42-46-50-63(68)80-59(54-74-61(66)48-44-40-36-34-31-24-21-18-14-10-6-2)56-78-82(71,72)76-52-57(64)51-75-81(69,70)77-55-58(53-73-60(65)47-43-39-16-12-8-4)79-62(67)49-45-41-37-33-22-19-15-11-7-3/h57-59,64H,5-56H2,1-4H3,(H,69,70)(H,71,72)/t57-,58+,59+/m0/s1. The number of esters is 4. The quantitative estimate of drug-likeness (QED) is 0.0222. The fourth-order valence-corrected chi connectivity index (χ4v) is 11.0. The van der Waals surface area contributed by atoms with Crippen molar-refractivity contribution < 1.29 is 80.2 Å². The van der Waals surface area contributed by atoms with Crippen LogP contribution in [0.15, 0.2) is 0 Å². The Hall–Kier alpha value is -1.94. The third kappa shape index (κ3) is 57.2. The third-order valence-electron chi connectivity index (χ3n) is 14.6. The zero-order valence-corrected chi connectivity index (χ0v) is 54.2. The van der Waals surface area contributed by atoms with Gasteiger partial charge in [-0.25, -0.2) is 9.13 Å². The predicted octanol–water partition coefficient (Wildman–Crippen LogP) is 17.5. The molecule has 0 aliphatic heterocycles. The number of carbonyl (C=O) groups excluding carboxylic acids is 4. The summed E-state index contributed by atoms with van der Waals surface area (Å²) >= 11 is 0. The van der Waals surface area contributed by atoms with Crippen LogP contribution in [0, 0.1) is 0 Å². The second-order valence-electron chi connectivity index (χ2n) is 22.8. The van der Waals surface area contributed by atoms with Crippen LogP contribution in [-0.4, -0.2) is 96.7 Å². The van der Waals surface area contributed by atoms with E-state index in [2.05, 4.69) is 27.7 Å². The predicted molar refractivity (Wildman–Crippen MR) is 326 cm³/mol. The minimum atomic E-state index is -4.94. The summed E-state index contributed by atoms with van der Waals surface area (Å²) in [6.45, 7) is 4.79. The molecule has 0 aliphatic rings. The molecule has 0 bridgehead atoms. The first-order chi connectivity index (χ1) is 39.7. The van der Waals surface area contributed by atoms with Crippen LogP contribution < -0.4 is 0 Å². The zero-order chi connectivity index (χ0) is 60.5. The number of carbonyl (C=O) groups is 4. The topological polar surface area (TPSA) is 237 Å². The van der Waals surface area contributed by atoms with Gasteiger partial charge >= 0.3 is 39.5 Å². The average molecular weight is 1210 g/mol. The van der Waals surface area contributed by atoms with Gasteiger partial charge in [0.1, 0.15) is 19.3 Å². The van der Waals surface area contributed by atoms with Crippen molar-refractivity contribution in [1.29, 1.82) is 0 Å². The Kier molecular flexibility index (Phi) is 56.7. The van der Waals surface area contributed by atoms with Crippen molar-refractivity contribution in [2.45, 2.75) is 341 Å². The molecule has 2 unspecified atom stereocenters. The Morgan fingerprint density at radius 1 is 0.293 bits per heavy atom. The van der Waals surface area contributed by atoms with Crippen molar-refractivity contribution in [2.75, 3.05) is 39.6 Å². The maximum absolute atomic E-state index is 13.0. The van der Waals surface area contributed by atoms with Crippen LogP contribution in [0.5, 0.6) is 0 Å². The lowest BCUT2D eigenvalue weighted by Crippen LogP contribution is -2.30. The molecule has 17 nitrogen and oxygen atoms in total. The molecule has 0 spiro atoms. The van der Waals surface area contributed by atoms with E-state index >= 15 is 0 Å². The first-order valence-electron chi connectivity index (χ1n) is 33.3. The van der Waals surface area contributed by atoms with Crippen LogP contribution in [0.25, 0.3) is 0 Å². The number of hydrogen-bond acceptors (Lipinski definition) is 15. The fraction of sp³-hybridized carbons (Fsp3) is 0.937. The Morgan fingerprint density at radius 3 is 0.720 bits per heavy atom. The molecule has 0 radical (unpaired) electrons. The zero-order valence-electron chi connectivity index (χ0n) is 52.5. The number of unbranched alkanes of at least 4 members (excludes halogenated alkanes) is 38. The highest BCUT2D eigenvalue weighted by Crippen LogP contribution is 2.45. The molecule has 0 fully saturated rings. The van der Waals surface area contributed by atoms with Crippen LogP contribution in [0.2, 0.25) is 0 Å². The Labute approximate surface area is 498 Å². The van der Waals surface area contributed by atoms with Gasteiger partial charge in [0.05, 0.1) is 26.4 Å². The highest BCUT2D eigenvalue weighted by Gasteiger charge is 2.30. The second kappa shape index (κ2) is 58.1. The maximum atomic E-state index is 13.0. The lowest BCUT2D eigenvalue weighted by molar-refractivity contribution is -0.161. The monoisotopic (exact) mass is 1210 g/mol. The van der Waals surface area contributed by atoms with E-state index < -0.39 is 97.5 Å². The van der Waals surface area contributed by atoms with Gasteiger partial charge in [-0.1, -0.05) is 272 Å². The molecule has 0 aromatic rings. The van der Waals surface area contributed by atoms with E-state index in [0.717, 1.165) is 96.3 Å². The van der Waals surface area contributed by atoms with E-state index in [0.29, 0.717) is 25.7 Å². The Balaban J connectivity index is 5.14. The number of ether oxygens (including phenoxy) is 4. The number of phosphoric acid groups is 2. The van der Waals surface area contributed by atoms with Crippen molar-refractivity contribution >= 4 is 39.5 Å². The molecular formula is C63H122O17P2. The fourth-order valence-electron chi connectivity index (χ4n) is 9.46. The van der Waals surface area contributed by atoms with Gasteiger partial charge in [0.25, 0.3) is 0 Å². The summed E-state index contributed by atoms with van der Waals surface area (Å²) < 4.78 is 67.7. The van der Waals surface area contributed by atoms with Gasteiger partial charge in [-0.15, -0.1) is 0 Å². The summed E-state index contributed by atoms with van der Waals surface area (Å²) in [7, 11) is -9.87. The summed E-state index contributed by atoms with van der Waals surface area (Å²) in [6.07, 6.45) is 43.4. The van der Waals surface area contributed by atoms with Gasteiger partial charge in [-0.2, -0.15) is 0 Å². The van der Waals surface area contributed by atoms with Crippen LogP contribution in [0.1, 0.15) is 323 Å². The lowest BCUT2D eigenvalue weighted by Gasteiger charge is -2.21. The summed E-state index contributed by atoms with van der Waals surface area (Å²) in [6, 6.07) is 0. The highest BCUT2D eigenvalue weighted by atomic mass is 31.2. The highest BCUT2D eigenvalue weighted by molar-refractivity contribution is 7.47. The normalized spacial score (nSPS) is 14.2. The Morgan fingerprint density at radius 2 is 0.488 bits per heavy atom. The molecule has 0 saturated carbocycles. The average Bonchev–Trinajstić information content (AvgIpc) is 3.49. The van der Waals surface area contributed by atoms with Gasteiger partial charge in [-0.05, 0) is 25.7 Å². The van der Waals surface area contributed by atoms with Crippen LogP contribution in [0.4, 0.5) is 0 Å². The lowest BCUT2D eigenvalue weighted by atomic mass is 10.0. The molecule has 0 saturated heterocycles. The summed E-state index contributed by atoms with van der Waals surface area (Å²) in [4.78, 5) is 71.9. The smallest absolute Gasteiger partial charge is 0.462 e. The van der Waals surface area contributed by atoms with Crippen LogP contribution in [0.3, 0.4) is 0 Å². The largest absolute Gasteiger partial charge is 0.472 e. The molecule has 0 aromatic heterocycles. The first kappa shape index (κ1) is 80.1. The molecule has 0 aliphatic carbocycles. The number of aliphatic hydroxyl groups excluding tert-OH is 1. The molecule has 19 heteroatoms. The summed E-state index contributed by atoms with van der Waals surface area (Å²) in [5, 5.41) is 10.5. The molecule has 0 amide bonds. The van der Waals surface area contributed by atoms with Crippen molar-refractivity contribution in [3.05, 3.63) is 0 Å². The van der Waals surface area contributed by atoms with Gasteiger partial charge < -0.3 is 33.8 Å². The van der Waals surface area contributed by atoms with Gasteiger partial charge in [0.15, 0.2) is 12.2 Å². The van der Waals surface area contributed by atoms with E-state index in [-0.39, 0.29) is 25.7 Å². The minimum Gasteiger partial charge on any atom is -0.462 e. The molecule has 0 heterocycles. The summed E-state index contributed by atoms with van der Waals surface area (Å²) in [5.41, 5.74) is 0. The Bertz CT molecular complexity index is 1590. The van der Waals surface area contributed by atoms with Crippen molar-refractivity contribution in [2.24, 2.45) is 0 Å². The van der Waals surface area contributed by atoms with Gasteiger partial charge in [0, 0.05) is 25.7 Å². The van der Waals surface area contributed by atoms with Gasteiger partial charge in [-0.3, -0.25) is 37.3 Å². The van der Waals surface area contributed by atoms with E-state index in [1.54, 1.807) is 0 Å². The molecule has 486 valence electrons. The second-order valence-corrected chi connectivity index (χ2v) is 25.7. The number of hydrogen-bond donors (Lipinski definition) is 3. The number of phosphoric ester groups is 2. The van der Waals surface area contributed by atoms with E-state index in [4.69, 9.17) is 37.0 Å². The third-order valence-corrected chi connectivity index (χ3v) is 16.5. The van der Waals surface area contributed by atoms with Crippen molar-refractivity contribution in [3.63, 3.8) is 0 Å². The van der Waals surface area contributed by atoms with Crippen molar-refractivity contribution in [1.82, 2.24) is 0 Å². The van der Waals surface area contributed by atoms with E-state index in [9.17, 15) is 43.2 Å². The van der Waals surface area contributed by atoms with Crippen LogP contribution >= 0.6 is 15.6 Å². The molecule has 0 aromatic carbocycles. The summed E-state index contributed by atoms with van der Waals surface area (Å²) in [5.74, 6) is -2.14. The molecule has 82 heavy (non-hydrogen) atoms. The molecule has 0 rings (SSSR count). The minimum absolute atomic E-state index is 0.105. The van der Waals surface area contributed by atoms with Crippen molar-refractivity contribution in [3.8, 4) is 0 Å². The first-order valence-corrected chi connectivity index (χ1v) is 36.3.